The third kappa shape index (κ3) is 3.66. The van der Waals surface area contributed by atoms with E-state index in [1.165, 1.54) is 0 Å². The van der Waals surface area contributed by atoms with Crippen molar-refractivity contribution in [3.05, 3.63) is 23.3 Å². The van der Waals surface area contributed by atoms with Crippen molar-refractivity contribution in [3.63, 3.8) is 0 Å². The average molecular weight is 282 g/mol. The van der Waals surface area contributed by atoms with Crippen molar-refractivity contribution in [2.45, 2.75) is 43.9 Å². The second-order valence-corrected chi connectivity index (χ2v) is 6.02. The Morgan fingerprint density at radius 1 is 1.42 bits per heavy atom. The minimum absolute atomic E-state index is 0.106. The maximum Gasteiger partial charge on any atom is 0.304 e. The molecule has 4 heteroatoms. The molecule has 1 rings (SSSR count). The highest BCUT2D eigenvalue weighted by Gasteiger charge is 2.28. The monoisotopic (exact) mass is 282 g/mol. The lowest BCUT2D eigenvalue weighted by molar-refractivity contribution is -0.138. The number of carboxylic acid groups (broad SMARTS) is 1. The Balaban J connectivity index is 3.36. The number of hydrogen-bond acceptors (Lipinski definition) is 3. The second-order valence-electron chi connectivity index (χ2n) is 5.17. The van der Waals surface area contributed by atoms with Gasteiger partial charge in [0.25, 0.3) is 0 Å². The van der Waals surface area contributed by atoms with E-state index in [2.05, 4.69) is 13.0 Å². The van der Waals surface area contributed by atoms with Crippen LogP contribution in [0.3, 0.4) is 0 Å². The zero-order chi connectivity index (χ0) is 14.6. The van der Waals surface area contributed by atoms with Crippen LogP contribution in [0.4, 0.5) is 0 Å². The summed E-state index contributed by atoms with van der Waals surface area (Å²) in [4.78, 5) is 12.2. The number of carbonyl (C=O) groups is 1. The number of ether oxygens (including phenoxy) is 1. The SMILES string of the molecule is CCc1cc(SC)c(C(C)(C)CC(=O)O)cc1OC. The van der Waals surface area contributed by atoms with Gasteiger partial charge < -0.3 is 9.84 Å². The van der Waals surface area contributed by atoms with Gasteiger partial charge in [0.1, 0.15) is 5.75 Å². The van der Waals surface area contributed by atoms with Crippen molar-refractivity contribution < 1.29 is 14.6 Å². The third-order valence-electron chi connectivity index (χ3n) is 3.31. The Labute approximate surface area is 119 Å². The molecule has 106 valence electrons. The molecular weight excluding hydrogens is 260 g/mol. The van der Waals surface area contributed by atoms with Crippen LogP contribution in [-0.2, 0) is 16.6 Å². The van der Waals surface area contributed by atoms with Crippen LogP contribution in [0.1, 0.15) is 38.3 Å². The standard InChI is InChI=1S/C15H22O3S/c1-6-10-7-13(19-5)11(8-12(10)18-4)15(2,3)9-14(16)17/h7-8H,6,9H2,1-5H3,(H,16,17). The van der Waals surface area contributed by atoms with Crippen molar-refractivity contribution in [3.8, 4) is 5.75 Å². The van der Waals surface area contributed by atoms with Gasteiger partial charge >= 0.3 is 5.97 Å². The van der Waals surface area contributed by atoms with E-state index in [1.807, 2.05) is 26.2 Å². The number of carboxylic acids is 1. The molecule has 1 aromatic rings. The number of hydrogen-bond donors (Lipinski definition) is 1. The van der Waals surface area contributed by atoms with E-state index in [0.717, 1.165) is 28.2 Å². The van der Waals surface area contributed by atoms with Crippen LogP contribution in [-0.4, -0.2) is 24.4 Å². The summed E-state index contributed by atoms with van der Waals surface area (Å²) in [6.07, 6.45) is 3.02. The normalized spacial score (nSPS) is 11.4. The van der Waals surface area contributed by atoms with E-state index >= 15 is 0 Å². The van der Waals surface area contributed by atoms with Crippen LogP contribution in [0.15, 0.2) is 17.0 Å². The van der Waals surface area contributed by atoms with Crippen LogP contribution in [0.5, 0.6) is 5.75 Å². The fourth-order valence-corrected chi connectivity index (χ4v) is 3.05. The molecule has 0 unspecified atom stereocenters. The lowest BCUT2D eigenvalue weighted by atomic mass is 9.81. The van der Waals surface area contributed by atoms with Gasteiger partial charge in [-0.3, -0.25) is 4.79 Å². The summed E-state index contributed by atoms with van der Waals surface area (Å²) in [7, 11) is 1.65. The molecule has 0 saturated heterocycles. The van der Waals surface area contributed by atoms with Crippen LogP contribution in [0, 0.1) is 0 Å². The predicted molar refractivity (Wildman–Crippen MR) is 79.4 cm³/mol. The maximum atomic E-state index is 11.0. The molecule has 0 spiro atoms. The smallest absolute Gasteiger partial charge is 0.304 e. The highest BCUT2D eigenvalue weighted by molar-refractivity contribution is 7.98. The van der Waals surface area contributed by atoms with Gasteiger partial charge in [-0.1, -0.05) is 20.8 Å². The van der Waals surface area contributed by atoms with Gasteiger partial charge in [0.05, 0.1) is 13.5 Å². The van der Waals surface area contributed by atoms with Crippen molar-refractivity contribution >= 4 is 17.7 Å². The molecule has 0 aromatic heterocycles. The lowest BCUT2D eigenvalue weighted by Crippen LogP contribution is -2.22. The summed E-state index contributed by atoms with van der Waals surface area (Å²) >= 11 is 1.65. The van der Waals surface area contributed by atoms with Gasteiger partial charge in [-0.25, -0.2) is 0 Å². The largest absolute Gasteiger partial charge is 0.496 e. The number of aliphatic carboxylic acids is 1. The van der Waals surface area contributed by atoms with Crippen molar-refractivity contribution in [1.29, 1.82) is 0 Å². The molecule has 0 aliphatic heterocycles. The van der Waals surface area contributed by atoms with Crippen LogP contribution < -0.4 is 4.74 Å². The van der Waals surface area contributed by atoms with E-state index in [1.54, 1.807) is 18.9 Å². The fraction of sp³-hybridized carbons (Fsp3) is 0.533. The summed E-state index contributed by atoms with van der Waals surface area (Å²) in [5, 5.41) is 9.06. The zero-order valence-electron chi connectivity index (χ0n) is 12.2. The summed E-state index contributed by atoms with van der Waals surface area (Å²) in [5.74, 6) is 0.0596. The Morgan fingerprint density at radius 2 is 2.05 bits per heavy atom. The number of thioether (sulfide) groups is 1. The molecule has 0 heterocycles. The predicted octanol–water partition coefficient (Wildman–Crippen LogP) is 3.73. The molecular formula is C15H22O3S. The molecule has 0 radical (unpaired) electrons. The fourth-order valence-electron chi connectivity index (χ4n) is 2.24. The van der Waals surface area contributed by atoms with E-state index in [0.29, 0.717) is 0 Å². The van der Waals surface area contributed by atoms with Gasteiger partial charge in [-0.15, -0.1) is 11.8 Å². The maximum absolute atomic E-state index is 11.0. The van der Waals surface area contributed by atoms with Crippen LogP contribution in [0.2, 0.25) is 0 Å². The summed E-state index contributed by atoms with van der Waals surface area (Å²) in [5.41, 5.74) is 1.78. The minimum Gasteiger partial charge on any atom is -0.496 e. The van der Waals surface area contributed by atoms with Gasteiger partial charge in [-0.2, -0.15) is 0 Å². The molecule has 19 heavy (non-hydrogen) atoms. The third-order valence-corrected chi connectivity index (χ3v) is 4.08. The van der Waals surface area contributed by atoms with Crippen LogP contribution in [0.25, 0.3) is 0 Å². The topological polar surface area (TPSA) is 46.5 Å². The summed E-state index contributed by atoms with van der Waals surface area (Å²) < 4.78 is 5.42. The van der Waals surface area contributed by atoms with Gasteiger partial charge in [0.15, 0.2) is 0 Å². The number of methoxy groups -OCH3 is 1. The molecule has 0 saturated carbocycles. The Morgan fingerprint density at radius 3 is 2.47 bits per heavy atom. The van der Waals surface area contributed by atoms with E-state index in [4.69, 9.17) is 9.84 Å². The first-order valence-corrected chi connectivity index (χ1v) is 7.55. The van der Waals surface area contributed by atoms with Crippen molar-refractivity contribution in [2.24, 2.45) is 0 Å². The molecule has 0 aliphatic carbocycles. The molecule has 0 aliphatic rings. The van der Waals surface area contributed by atoms with Crippen LogP contribution >= 0.6 is 11.8 Å². The highest BCUT2D eigenvalue weighted by Crippen LogP contribution is 2.38. The molecule has 0 fully saturated rings. The Kier molecular flexibility index (Phi) is 5.29. The molecule has 1 N–H and O–H groups in total. The van der Waals surface area contributed by atoms with Gasteiger partial charge in [0, 0.05) is 10.3 Å². The first-order chi connectivity index (χ1) is 8.85. The van der Waals surface area contributed by atoms with Gasteiger partial charge in [-0.05, 0) is 35.9 Å². The zero-order valence-corrected chi connectivity index (χ0v) is 13.1. The molecule has 3 nitrogen and oxygen atoms in total. The average Bonchev–Trinajstić information content (AvgIpc) is 2.35. The number of benzene rings is 1. The first-order valence-electron chi connectivity index (χ1n) is 6.32. The lowest BCUT2D eigenvalue weighted by Gasteiger charge is -2.27. The molecule has 0 amide bonds. The number of aryl methyl sites for hydroxylation is 1. The highest BCUT2D eigenvalue weighted by atomic mass is 32.2. The quantitative estimate of drug-likeness (QED) is 0.808. The molecule has 1 aromatic carbocycles. The molecule has 0 atom stereocenters. The first kappa shape index (κ1) is 15.9. The summed E-state index contributed by atoms with van der Waals surface area (Å²) in [6.45, 7) is 6.01. The second kappa shape index (κ2) is 6.33. The van der Waals surface area contributed by atoms with E-state index in [-0.39, 0.29) is 6.42 Å². The molecule has 0 bridgehead atoms. The summed E-state index contributed by atoms with van der Waals surface area (Å²) in [6, 6.07) is 4.11. The number of rotatable bonds is 6. The Hall–Kier alpha value is -1.16. The van der Waals surface area contributed by atoms with Crippen molar-refractivity contribution in [2.75, 3.05) is 13.4 Å². The van der Waals surface area contributed by atoms with E-state index < -0.39 is 11.4 Å². The Bertz CT molecular complexity index is 467. The minimum atomic E-state index is -0.782. The van der Waals surface area contributed by atoms with Gasteiger partial charge in [0.2, 0.25) is 0 Å². The van der Waals surface area contributed by atoms with E-state index in [9.17, 15) is 4.79 Å². The van der Waals surface area contributed by atoms with Crippen molar-refractivity contribution in [1.82, 2.24) is 0 Å².